The third-order valence-electron chi connectivity index (χ3n) is 2.89. The quantitative estimate of drug-likeness (QED) is 0.818. The van der Waals surface area contributed by atoms with Crippen LogP contribution in [-0.2, 0) is 10.5 Å². The van der Waals surface area contributed by atoms with Crippen molar-refractivity contribution < 1.29 is 9.18 Å². The van der Waals surface area contributed by atoms with Crippen LogP contribution < -0.4 is 5.32 Å². The number of hydrogen-bond acceptors (Lipinski definition) is 2. The minimum absolute atomic E-state index is 0.0799. The largest absolute Gasteiger partial charge is 0.325 e. The summed E-state index contributed by atoms with van der Waals surface area (Å²) in [6, 6.07) is 13.8. The first kappa shape index (κ1) is 16.0. The number of carbonyl (C=O) groups excluding carboxylic acids is 1. The fourth-order valence-corrected chi connectivity index (χ4v) is 2.76. The molecule has 1 N–H and O–H groups in total. The van der Waals surface area contributed by atoms with Gasteiger partial charge in [-0.25, -0.2) is 4.39 Å². The molecule has 0 saturated heterocycles. The number of amides is 1. The second kappa shape index (κ2) is 7.61. The minimum atomic E-state index is -0.314. The molecule has 0 bridgehead atoms. The first-order chi connectivity index (χ1) is 10.0. The molecule has 2 aromatic rings. The number of benzene rings is 2. The van der Waals surface area contributed by atoms with Crippen LogP contribution in [0.5, 0.6) is 0 Å². The molecule has 0 aliphatic carbocycles. The molecule has 0 aliphatic rings. The summed E-state index contributed by atoms with van der Waals surface area (Å²) in [6.45, 7) is 1.86. The van der Waals surface area contributed by atoms with Gasteiger partial charge in [0.15, 0.2) is 0 Å². The van der Waals surface area contributed by atoms with Crippen LogP contribution >= 0.6 is 27.7 Å². The van der Waals surface area contributed by atoms with Crippen molar-refractivity contribution >= 4 is 39.3 Å². The van der Waals surface area contributed by atoms with E-state index in [-0.39, 0.29) is 17.0 Å². The van der Waals surface area contributed by atoms with Crippen LogP contribution in [0.25, 0.3) is 0 Å². The van der Waals surface area contributed by atoms with Crippen molar-refractivity contribution in [1.29, 1.82) is 0 Å². The lowest BCUT2D eigenvalue weighted by atomic mass is 10.2. The lowest BCUT2D eigenvalue weighted by Gasteiger charge is -2.12. The van der Waals surface area contributed by atoms with Crippen molar-refractivity contribution in [3.63, 3.8) is 0 Å². The van der Waals surface area contributed by atoms with Crippen LogP contribution in [0.15, 0.2) is 53.0 Å². The molecule has 0 unspecified atom stereocenters. The molecule has 2 nitrogen and oxygen atoms in total. The van der Waals surface area contributed by atoms with Gasteiger partial charge in [-0.2, -0.15) is 0 Å². The van der Waals surface area contributed by atoms with Gasteiger partial charge in [0.05, 0.1) is 5.25 Å². The maximum Gasteiger partial charge on any atom is 0.237 e. The van der Waals surface area contributed by atoms with Gasteiger partial charge < -0.3 is 5.32 Å². The fraction of sp³-hybridized carbons (Fsp3) is 0.188. The molecular formula is C16H15BrFNOS. The van der Waals surface area contributed by atoms with Crippen LogP contribution in [0, 0.1) is 5.82 Å². The van der Waals surface area contributed by atoms with Crippen LogP contribution in [0.2, 0.25) is 0 Å². The molecule has 5 heteroatoms. The van der Waals surface area contributed by atoms with E-state index in [4.69, 9.17) is 0 Å². The Labute approximate surface area is 136 Å². The Morgan fingerprint density at radius 2 is 1.81 bits per heavy atom. The molecule has 0 radical (unpaired) electrons. The fourth-order valence-electron chi connectivity index (χ4n) is 1.65. The van der Waals surface area contributed by atoms with E-state index in [0.29, 0.717) is 5.69 Å². The average molecular weight is 368 g/mol. The van der Waals surface area contributed by atoms with Gasteiger partial charge in [-0.1, -0.05) is 28.1 Å². The molecule has 1 atom stereocenters. The number of hydrogen-bond donors (Lipinski definition) is 1. The molecule has 110 valence electrons. The smallest absolute Gasteiger partial charge is 0.237 e. The second-order valence-corrected chi connectivity index (χ2v) is 6.82. The molecule has 21 heavy (non-hydrogen) atoms. The van der Waals surface area contributed by atoms with E-state index in [1.807, 2.05) is 31.2 Å². The van der Waals surface area contributed by atoms with Crippen LogP contribution in [0.4, 0.5) is 10.1 Å². The van der Waals surface area contributed by atoms with Gasteiger partial charge in [0.1, 0.15) is 5.82 Å². The third-order valence-corrected chi connectivity index (χ3v) is 4.64. The highest BCUT2D eigenvalue weighted by Crippen LogP contribution is 2.21. The number of thioether (sulfide) groups is 1. The molecule has 0 saturated carbocycles. The summed E-state index contributed by atoms with van der Waals surface area (Å²) in [7, 11) is 0. The average Bonchev–Trinajstić information content (AvgIpc) is 2.48. The number of halogens is 2. The summed E-state index contributed by atoms with van der Waals surface area (Å²) < 4.78 is 13.8. The summed E-state index contributed by atoms with van der Waals surface area (Å²) in [4.78, 5) is 12.0. The van der Waals surface area contributed by atoms with Gasteiger partial charge in [-0.3, -0.25) is 4.79 Å². The Balaban J connectivity index is 1.84. The predicted molar refractivity (Wildman–Crippen MR) is 89.9 cm³/mol. The molecule has 1 amide bonds. The molecule has 0 aromatic heterocycles. The molecular weight excluding hydrogens is 353 g/mol. The summed E-state index contributed by atoms with van der Waals surface area (Å²) in [5, 5.41) is 2.60. The zero-order chi connectivity index (χ0) is 15.2. The summed E-state index contributed by atoms with van der Waals surface area (Å²) in [5.41, 5.74) is 1.78. The van der Waals surface area contributed by atoms with Crippen molar-refractivity contribution in [3.05, 3.63) is 64.4 Å². The number of anilines is 1. The Kier molecular flexibility index (Phi) is 5.82. The number of nitrogens with one attached hydrogen (secondary N) is 1. The van der Waals surface area contributed by atoms with Gasteiger partial charge in [-0.05, 0) is 48.9 Å². The number of carbonyl (C=O) groups is 1. The maximum atomic E-state index is 12.8. The van der Waals surface area contributed by atoms with Crippen molar-refractivity contribution in [2.24, 2.45) is 0 Å². The van der Waals surface area contributed by atoms with Gasteiger partial charge >= 0.3 is 0 Å². The lowest BCUT2D eigenvalue weighted by molar-refractivity contribution is -0.115. The molecule has 0 spiro atoms. The molecule has 2 aromatic carbocycles. The number of rotatable bonds is 5. The Bertz CT molecular complexity index is 601. The van der Waals surface area contributed by atoms with E-state index < -0.39 is 0 Å². The van der Waals surface area contributed by atoms with E-state index in [1.54, 1.807) is 23.9 Å². The normalized spacial score (nSPS) is 12.0. The second-order valence-electron chi connectivity index (χ2n) is 4.58. The maximum absolute atomic E-state index is 12.8. The van der Waals surface area contributed by atoms with Crippen LogP contribution in [0.1, 0.15) is 12.5 Å². The highest BCUT2D eigenvalue weighted by atomic mass is 79.9. The third kappa shape index (κ3) is 5.17. The Morgan fingerprint density at radius 1 is 1.19 bits per heavy atom. The zero-order valence-electron chi connectivity index (χ0n) is 11.5. The van der Waals surface area contributed by atoms with Crippen LogP contribution in [0.3, 0.4) is 0 Å². The van der Waals surface area contributed by atoms with E-state index in [0.717, 1.165) is 10.2 Å². The van der Waals surface area contributed by atoms with Gasteiger partial charge in [-0.15, -0.1) is 11.8 Å². The van der Waals surface area contributed by atoms with Crippen molar-refractivity contribution in [2.75, 3.05) is 5.32 Å². The summed E-state index contributed by atoms with van der Waals surface area (Å²) >= 11 is 4.96. The molecule has 0 heterocycles. The lowest BCUT2D eigenvalue weighted by Crippen LogP contribution is -2.22. The standard InChI is InChI=1S/C16H15BrFNOS/c1-11(21-10-12-2-4-13(17)5-3-12)16(20)19-15-8-6-14(18)7-9-15/h2-9,11H,10H2,1H3,(H,19,20)/t11-/m1/s1. The first-order valence-corrected chi connectivity index (χ1v) is 8.31. The first-order valence-electron chi connectivity index (χ1n) is 6.47. The highest BCUT2D eigenvalue weighted by Gasteiger charge is 2.13. The van der Waals surface area contributed by atoms with Gasteiger partial charge in [0.2, 0.25) is 5.91 Å². The van der Waals surface area contributed by atoms with Gasteiger partial charge in [0, 0.05) is 15.9 Å². The van der Waals surface area contributed by atoms with Crippen molar-refractivity contribution in [1.82, 2.24) is 0 Å². The Hall–Kier alpha value is -1.33. The monoisotopic (exact) mass is 367 g/mol. The Morgan fingerprint density at radius 3 is 2.43 bits per heavy atom. The SMILES string of the molecule is C[C@@H](SCc1ccc(Br)cc1)C(=O)Nc1ccc(F)cc1. The van der Waals surface area contributed by atoms with Crippen molar-refractivity contribution in [3.8, 4) is 0 Å². The molecule has 2 rings (SSSR count). The highest BCUT2D eigenvalue weighted by molar-refractivity contribution is 9.10. The molecule has 0 fully saturated rings. The van der Waals surface area contributed by atoms with E-state index in [9.17, 15) is 9.18 Å². The van der Waals surface area contributed by atoms with Gasteiger partial charge in [0.25, 0.3) is 0 Å². The zero-order valence-corrected chi connectivity index (χ0v) is 13.9. The predicted octanol–water partition coefficient (Wildman–Crippen LogP) is 4.85. The van der Waals surface area contributed by atoms with Crippen LogP contribution in [-0.4, -0.2) is 11.2 Å². The van der Waals surface area contributed by atoms with Crippen molar-refractivity contribution in [2.45, 2.75) is 17.9 Å². The topological polar surface area (TPSA) is 29.1 Å². The minimum Gasteiger partial charge on any atom is -0.325 e. The molecule has 0 aliphatic heterocycles. The van der Waals surface area contributed by atoms with E-state index in [2.05, 4.69) is 21.2 Å². The summed E-state index contributed by atoms with van der Waals surface area (Å²) in [6.07, 6.45) is 0. The van der Waals surface area contributed by atoms with E-state index in [1.165, 1.54) is 17.7 Å². The van der Waals surface area contributed by atoms with E-state index >= 15 is 0 Å². The summed E-state index contributed by atoms with van der Waals surface area (Å²) in [5.74, 6) is 0.375.